The van der Waals surface area contributed by atoms with Gasteiger partial charge in [0, 0.05) is 6.42 Å². The van der Waals surface area contributed by atoms with E-state index in [0.717, 1.165) is 27.0 Å². The van der Waals surface area contributed by atoms with E-state index in [9.17, 15) is 14.0 Å². The van der Waals surface area contributed by atoms with Gasteiger partial charge in [0.25, 0.3) is 11.1 Å². The van der Waals surface area contributed by atoms with Crippen LogP contribution in [0.1, 0.15) is 22.4 Å². The highest BCUT2D eigenvalue weighted by molar-refractivity contribution is 7.15. The smallest absolute Gasteiger partial charge is 0.296 e. The number of methoxy groups -OCH3 is 1. The van der Waals surface area contributed by atoms with Crippen molar-refractivity contribution in [2.75, 3.05) is 7.11 Å². The van der Waals surface area contributed by atoms with E-state index in [1.54, 1.807) is 37.5 Å². The molecular weight excluding hydrogens is 481 g/mol. The quantitative estimate of drug-likeness (QED) is 0.340. The third kappa shape index (κ3) is 5.01. The average Bonchev–Trinajstić information content (AvgIpc) is 3.19. The van der Waals surface area contributed by atoms with Crippen LogP contribution in [0.3, 0.4) is 0 Å². The van der Waals surface area contributed by atoms with Gasteiger partial charge in [0.2, 0.25) is 4.96 Å². The molecule has 0 aliphatic rings. The normalized spacial score (nSPS) is 11.7. The molecule has 2 heterocycles. The Bertz CT molecular complexity index is 1700. The molecule has 0 amide bonds. The van der Waals surface area contributed by atoms with Crippen LogP contribution < -0.4 is 25.1 Å². The lowest BCUT2D eigenvalue weighted by molar-refractivity contribution is 0.284. The molecule has 0 atom stereocenters. The maximum atomic E-state index is 13.2. The lowest BCUT2D eigenvalue weighted by atomic mass is 10.1. The van der Waals surface area contributed by atoms with Gasteiger partial charge in [-0.3, -0.25) is 9.59 Å². The van der Waals surface area contributed by atoms with Crippen molar-refractivity contribution in [2.24, 2.45) is 0 Å². The van der Waals surface area contributed by atoms with Gasteiger partial charge < -0.3 is 9.47 Å². The molecular formula is C27H20FN3O4S. The van der Waals surface area contributed by atoms with Crippen LogP contribution in [0.25, 0.3) is 11.0 Å². The summed E-state index contributed by atoms with van der Waals surface area (Å²) >= 11 is 1.07. The molecule has 0 saturated carbocycles. The average molecular weight is 502 g/mol. The number of nitrogens with zero attached hydrogens (tertiary/aromatic N) is 3. The van der Waals surface area contributed by atoms with Crippen LogP contribution >= 0.6 is 11.3 Å². The molecule has 0 fully saturated rings. The van der Waals surface area contributed by atoms with Crippen LogP contribution in [-0.2, 0) is 13.0 Å². The Morgan fingerprint density at radius 2 is 1.75 bits per heavy atom. The van der Waals surface area contributed by atoms with Crippen molar-refractivity contribution in [3.05, 3.63) is 126 Å². The summed E-state index contributed by atoms with van der Waals surface area (Å²) in [5.41, 5.74) is 1.66. The Labute approximate surface area is 208 Å². The molecule has 5 rings (SSSR count). The first-order valence-electron chi connectivity index (χ1n) is 11.0. The van der Waals surface area contributed by atoms with Crippen LogP contribution in [0, 0.1) is 5.82 Å². The van der Waals surface area contributed by atoms with Crippen LogP contribution in [0.4, 0.5) is 4.39 Å². The lowest BCUT2D eigenvalue weighted by Crippen LogP contribution is -2.28. The number of benzene rings is 3. The van der Waals surface area contributed by atoms with E-state index in [1.165, 1.54) is 12.1 Å². The molecule has 0 saturated heterocycles. The molecule has 0 aliphatic heterocycles. The Hall–Kier alpha value is -4.37. The van der Waals surface area contributed by atoms with Crippen molar-refractivity contribution in [3.8, 4) is 11.5 Å². The number of rotatable bonds is 7. The monoisotopic (exact) mass is 501 g/mol. The maximum Gasteiger partial charge on any atom is 0.296 e. The number of hydrogen-bond donors (Lipinski definition) is 0. The predicted octanol–water partition coefficient (Wildman–Crippen LogP) is 3.38. The van der Waals surface area contributed by atoms with Gasteiger partial charge >= 0.3 is 0 Å². The van der Waals surface area contributed by atoms with E-state index in [0.29, 0.717) is 28.2 Å². The van der Waals surface area contributed by atoms with Crippen LogP contribution in [-0.4, -0.2) is 21.7 Å². The molecule has 180 valence electrons. The summed E-state index contributed by atoms with van der Waals surface area (Å²) in [7, 11) is 1.55. The zero-order valence-electron chi connectivity index (χ0n) is 19.2. The Kier molecular flexibility index (Phi) is 6.55. The second kappa shape index (κ2) is 10.1. The molecule has 2 aromatic heterocycles. The van der Waals surface area contributed by atoms with Crippen LogP contribution in [0.2, 0.25) is 0 Å². The van der Waals surface area contributed by atoms with Crippen LogP contribution in [0.5, 0.6) is 11.5 Å². The SMILES string of the molecule is COc1cc(C=c2sc3nc(=O)c(Cc4ccc(F)cc4)nn3c2=O)ccc1OCc1ccccc1. The summed E-state index contributed by atoms with van der Waals surface area (Å²) in [5.74, 6) is 0.737. The molecule has 9 heteroatoms. The van der Waals surface area contributed by atoms with Crippen molar-refractivity contribution < 1.29 is 13.9 Å². The summed E-state index contributed by atoms with van der Waals surface area (Å²) in [5, 5.41) is 4.24. The standard InChI is InChI=1S/C27H20FN3O4S/c1-34-23-14-19(9-12-22(23)35-16-18-5-3-2-4-6-18)15-24-26(33)31-27(36-24)29-25(32)21(30-31)13-17-7-10-20(28)11-8-17/h2-12,14-15H,13,16H2,1H3. The second-order valence-electron chi connectivity index (χ2n) is 7.96. The fraction of sp³-hybridized carbons (Fsp3) is 0.111. The topological polar surface area (TPSA) is 82.8 Å². The summed E-state index contributed by atoms with van der Waals surface area (Å²) in [6.45, 7) is 0.396. The minimum absolute atomic E-state index is 0.113. The summed E-state index contributed by atoms with van der Waals surface area (Å²) in [4.78, 5) is 29.7. The highest BCUT2D eigenvalue weighted by atomic mass is 32.1. The molecule has 0 bridgehead atoms. The summed E-state index contributed by atoms with van der Waals surface area (Å²) < 4.78 is 26.1. The number of thiazole rings is 1. The molecule has 0 unspecified atom stereocenters. The number of fused-ring (bicyclic) bond motifs is 1. The first-order chi connectivity index (χ1) is 17.5. The molecule has 0 spiro atoms. The molecule has 7 nitrogen and oxygen atoms in total. The lowest BCUT2D eigenvalue weighted by Gasteiger charge is -2.11. The Balaban J connectivity index is 1.44. The van der Waals surface area contributed by atoms with E-state index >= 15 is 0 Å². The fourth-order valence-corrected chi connectivity index (χ4v) is 4.53. The van der Waals surface area contributed by atoms with Crippen molar-refractivity contribution in [3.63, 3.8) is 0 Å². The van der Waals surface area contributed by atoms with Crippen molar-refractivity contribution in [1.29, 1.82) is 0 Å². The minimum Gasteiger partial charge on any atom is -0.493 e. The van der Waals surface area contributed by atoms with Gasteiger partial charge in [0.15, 0.2) is 11.5 Å². The molecule has 0 radical (unpaired) electrons. The Morgan fingerprint density at radius 3 is 2.50 bits per heavy atom. The first kappa shape index (κ1) is 23.4. The second-order valence-corrected chi connectivity index (χ2v) is 8.97. The van der Waals surface area contributed by atoms with E-state index < -0.39 is 5.56 Å². The third-order valence-corrected chi connectivity index (χ3v) is 6.42. The van der Waals surface area contributed by atoms with E-state index in [1.807, 2.05) is 36.4 Å². The van der Waals surface area contributed by atoms with E-state index in [4.69, 9.17) is 9.47 Å². The third-order valence-electron chi connectivity index (χ3n) is 5.46. The van der Waals surface area contributed by atoms with Gasteiger partial charge in [-0.05, 0) is 47.0 Å². The van der Waals surface area contributed by atoms with Gasteiger partial charge in [-0.2, -0.15) is 14.6 Å². The molecule has 5 aromatic rings. The van der Waals surface area contributed by atoms with Gasteiger partial charge in [-0.15, -0.1) is 0 Å². The number of aromatic nitrogens is 3. The van der Waals surface area contributed by atoms with Crippen molar-refractivity contribution in [2.45, 2.75) is 13.0 Å². The number of halogens is 1. The summed E-state index contributed by atoms with van der Waals surface area (Å²) in [6.07, 6.45) is 1.84. The highest BCUT2D eigenvalue weighted by Gasteiger charge is 2.12. The molecule has 0 aliphatic carbocycles. The van der Waals surface area contributed by atoms with Crippen molar-refractivity contribution >= 4 is 22.4 Å². The first-order valence-corrected chi connectivity index (χ1v) is 11.9. The maximum absolute atomic E-state index is 13.2. The zero-order chi connectivity index (χ0) is 25.1. The van der Waals surface area contributed by atoms with E-state index in [-0.39, 0.29) is 28.5 Å². The number of hydrogen-bond acceptors (Lipinski definition) is 7. The van der Waals surface area contributed by atoms with Crippen molar-refractivity contribution in [1.82, 2.24) is 14.6 Å². The molecule has 0 N–H and O–H groups in total. The zero-order valence-corrected chi connectivity index (χ0v) is 20.0. The minimum atomic E-state index is -0.520. The Morgan fingerprint density at radius 1 is 0.972 bits per heavy atom. The highest BCUT2D eigenvalue weighted by Crippen LogP contribution is 2.29. The van der Waals surface area contributed by atoms with Crippen LogP contribution in [0.15, 0.2) is 82.4 Å². The largest absolute Gasteiger partial charge is 0.493 e. The fourth-order valence-electron chi connectivity index (χ4n) is 3.63. The predicted molar refractivity (Wildman–Crippen MR) is 135 cm³/mol. The van der Waals surface area contributed by atoms with E-state index in [2.05, 4.69) is 10.1 Å². The van der Waals surface area contributed by atoms with Gasteiger partial charge in [0.1, 0.15) is 18.1 Å². The van der Waals surface area contributed by atoms with Gasteiger partial charge in [-0.1, -0.05) is 59.9 Å². The molecule has 3 aromatic carbocycles. The van der Waals surface area contributed by atoms with Gasteiger partial charge in [0.05, 0.1) is 11.6 Å². The number of ether oxygens (including phenoxy) is 2. The molecule has 36 heavy (non-hydrogen) atoms. The van der Waals surface area contributed by atoms with Gasteiger partial charge in [-0.25, -0.2) is 4.39 Å². The summed E-state index contributed by atoms with van der Waals surface area (Å²) in [6, 6.07) is 20.9.